The zero-order valence-electron chi connectivity index (χ0n) is 16.5. The van der Waals surface area contributed by atoms with E-state index < -0.39 is 5.97 Å². The van der Waals surface area contributed by atoms with Crippen molar-refractivity contribution < 1.29 is 9.90 Å². The Bertz CT molecular complexity index is 405. The minimum absolute atomic E-state index is 0.172. The molecule has 2 bridgehead atoms. The van der Waals surface area contributed by atoms with Gasteiger partial charge in [0.15, 0.2) is 0 Å². The quantitative estimate of drug-likeness (QED) is 0.813. The van der Waals surface area contributed by atoms with E-state index in [0.717, 1.165) is 65.4 Å². The van der Waals surface area contributed by atoms with Gasteiger partial charge in [0.25, 0.3) is 0 Å². The van der Waals surface area contributed by atoms with Crippen LogP contribution in [0, 0.1) is 11.8 Å². The van der Waals surface area contributed by atoms with Gasteiger partial charge >= 0.3 is 5.97 Å². The molecule has 0 aliphatic carbocycles. The Kier molecular flexibility index (Phi) is 8.62. The normalized spacial score (nSPS) is 31.1. The van der Waals surface area contributed by atoms with Crippen LogP contribution >= 0.6 is 0 Å². The zero-order valence-corrected chi connectivity index (χ0v) is 16.5. The SMILES string of the molecule is CC(C)CC1CN2CCN(C)CCCN(CC2)CCN(CC(=O)O)C1. The summed E-state index contributed by atoms with van der Waals surface area (Å²) in [6.45, 7) is 15.4. The lowest BCUT2D eigenvalue weighted by atomic mass is 9.95. The molecule has 0 aromatic heterocycles. The van der Waals surface area contributed by atoms with E-state index in [9.17, 15) is 9.90 Å². The van der Waals surface area contributed by atoms with Crippen molar-refractivity contribution in [2.24, 2.45) is 11.8 Å². The number of aliphatic carboxylic acids is 1. The lowest BCUT2D eigenvalue weighted by molar-refractivity contribution is -0.138. The van der Waals surface area contributed by atoms with Crippen molar-refractivity contribution in [3.8, 4) is 0 Å². The summed E-state index contributed by atoms with van der Waals surface area (Å²) in [5.74, 6) is 0.505. The van der Waals surface area contributed by atoms with E-state index in [2.05, 4.69) is 40.5 Å². The Morgan fingerprint density at radius 3 is 2.36 bits per heavy atom. The van der Waals surface area contributed by atoms with Crippen molar-refractivity contribution >= 4 is 5.97 Å². The number of likely N-dealkylation sites (N-methyl/N-ethyl adjacent to an activating group) is 1. The third kappa shape index (κ3) is 8.03. The largest absolute Gasteiger partial charge is 0.480 e. The zero-order chi connectivity index (χ0) is 18.2. The molecule has 3 atom stereocenters. The molecule has 25 heavy (non-hydrogen) atoms. The van der Waals surface area contributed by atoms with Crippen molar-refractivity contribution in [3.05, 3.63) is 0 Å². The van der Waals surface area contributed by atoms with Crippen LogP contribution in [0.1, 0.15) is 26.7 Å². The molecule has 3 unspecified atom stereocenters. The smallest absolute Gasteiger partial charge is 0.317 e. The van der Waals surface area contributed by atoms with Crippen molar-refractivity contribution in [1.29, 1.82) is 0 Å². The summed E-state index contributed by atoms with van der Waals surface area (Å²) in [5.41, 5.74) is 0. The van der Waals surface area contributed by atoms with E-state index in [1.165, 1.54) is 12.8 Å². The van der Waals surface area contributed by atoms with Gasteiger partial charge in [-0.15, -0.1) is 0 Å². The second kappa shape index (κ2) is 10.5. The average Bonchev–Trinajstić information content (AvgIpc) is 2.52. The van der Waals surface area contributed by atoms with Crippen LogP contribution in [0.25, 0.3) is 0 Å². The van der Waals surface area contributed by atoms with Gasteiger partial charge in [0.1, 0.15) is 0 Å². The van der Waals surface area contributed by atoms with Crippen LogP contribution in [0.4, 0.5) is 0 Å². The average molecular weight is 355 g/mol. The molecule has 2 heterocycles. The Hall–Kier alpha value is -0.690. The maximum absolute atomic E-state index is 11.3. The first-order valence-electron chi connectivity index (χ1n) is 9.99. The summed E-state index contributed by atoms with van der Waals surface area (Å²) in [6, 6.07) is 0. The molecule has 6 heteroatoms. The van der Waals surface area contributed by atoms with Gasteiger partial charge < -0.3 is 19.8 Å². The molecule has 0 aromatic rings. The van der Waals surface area contributed by atoms with Crippen LogP contribution in [0.5, 0.6) is 0 Å². The van der Waals surface area contributed by atoms with Gasteiger partial charge in [-0.05, 0) is 44.8 Å². The van der Waals surface area contributed by atoms with Gasteiger partial charge in [0.2, 0.25) is 0 Å². The standard InChI is InChI=1S/C19H38N4O2/c1-17(2)13-18-14-22-8-7-20(3)5-4-6-21(9-11-22)10-12-23(15-18)16-19(24)25/h17-18H,4-16H2,1-3H3,(H,24,25). The maximum atomic E-state index is 11.3. The number of rotatable bonds is 4. The van der Waals surface area contributed by atoms with Gasteiger partial charge in [0, 0.05) is 52.4 Å². The lowest BCUT2D eigenvalue weighted by Crippen LogP contribution is -2.49. The number of hydrogen-bond acceptors (Lipinski definition) is 5. The van der Waals surface area contributed by atoms with Gasteiger partial charge in [-0.25, -0.2) is 0 Å². The summed E-state index contributed by atoms with van der Waals surface area (Å²) in [6.07, 6.45) is 2.37. The van der Waals surface area contributed by atoms with E-state index in [1.807, 2.05) is 0 Å². The highest BCUT2D eigenvalue weighted by atomic mass is 16.4. The molecule has 2 saturated heterocycles. The minimum Gasteiger partial charge on any atom is -0.480 e. The van der Waals surface area contributed by atoms with Gasteiger partial charge in [-0.2, -0.15) is 0 Å². The maximum Gasteiger partial charge on any atom is 0.317 e. The van der Waals surface area contributed by atoms with Crippen LogP contribution in [-0.2, 0) is 4.79 Å². The predicted molar refractivity (Wildman–Crippen MR) is 102 cm³/mol. The Balaban J connectivity index is 2.11. The molecule has 0 saturated carbocycles. The topological polar surface area (TPSA) is 50.3 Å². The third-order valence-corrected chi connectivity index (χ3v) is 5.47. The van der Waals surface area contributed by atoms with Gasteiger partial charge in [0.05, 0.1) is 6.54 Å². The lowest BCUT2D eigenvalue weighted by Gasteiger charge is -2.38. The number of hydrogen-bond donors (Lipinski definition) is 1. The summed E-state index contributed by atoms with van der Waals surface area (Å²) in [5, 5.41) is 9.29. The first-order chi connectivity index (χ1) is 11.9. The van der Waals surface area contributed by atoms with E-state index in [0.29, 0.717) is 11.8 Å². The number of fused-ring (bicyclic) bond motifs is 3. The molecule has 0 amide bonds. The number of nitrogens with zero attached hydrogens (tertiary/aromatic N) is 4. The van der Waals surface area contributed by atoms with E-state index in [1.54, 1.807) is 0 Å². The minimum atomic E-state index is -0.702. The van der Waals surface area contributed by atoms with Crippen molar-refractivity contribution in [1.82, 2.24) is 19.6 Å². The first kappa shape index (κ1) is 20.6. The van der Waals surface area contributed by atoms with Gasteiger partial charge in [-0.3, -0.25) is 9.69 Å². The molecule has 0 aromatic carbocycles. The Morgan fingerprint density at radius 2 is 1.64 bits per heavy atom. The molecule has 2 aliphatic rings. The monoisotopic (exact) mass is 354 g/mol. The number of carboxylic acids is 1. The van der Waals surface area contributed by atoms with Crippen molar-refractivity contribution in [3.63, 3.8) is 0 Å². The summed E-state index contributed by atoms with van der Waals surface area (Å²) < 4.78 is 0. The molecule has 6 nitrogen and oxygen atoms in total. The second-order valence-corrected chi connectivity index (χ2v) is 8.42. The molecular formula is C19H38N4O2. The second-order valence-electron chi connectivity index (χ2n) is 8.42. The van der Waals surface area contributed by atoms with Gasteiger partial charge in [-0.1, -0.05) is 13.8 Å². The Labute approximate surface area is 153 Å². The molecule has 2 fully saturated rings. The van der Waals surface area contributed by atoms with E-state index >= 15 is 0 Å². The summed E-state index contributed by atoms with van der Waals surface area (Å²) >= 11 is 0. The molecule has 146 valence electrons. The molecule has 2 rings (SSSR count). The van der Waals surface area contributed by atoms with Crippen LogP contribution in [-0.4, -0.2) is 110 Å². The predicted octanol–water partition coefficient (Wildman–Crippen LogP) is 0.988. The first-order valence-corrected chi connectivity index (χ1v) is 9.99. The van der Waals surface area contributed by atoms with Crippen LogP contribution in [0.3, 0.4) is 0 Å². The molecule has 1 N–H and O–H groups in total. The third-order valence-electron chi connectivity index (χ3n) is 5.47. The summed E-state index contributed by atoms with van der Waals surface area (Å²) in [4.78, 5) is 21.1. The highest BCUT2D eigenvalue weighted by Gasteiger charge is 2.24. The van der Waals surface area contributed by atoms with Crippen LogP contribution in [0.15, 0.2) is 0 Å². The van der Waals surface area contributed by atoms with Crippen LogP contribution in [0.2, 0.25) is 0 Å². The fraction of sp³-hybridized carbons (Fsp3) is 0.947. The molecule has 0 spiro atoms. The van der Waals surface area contributed by atoms with Crippen LogP contribution < -0.4 is 0 Å². The van der Waals surface area contributed by atoms with Crippen molar-refractivity contribution in [2.75, 3.05) is 79.0 Å². The highest BCUT2D eigenvalue weighted by molar-refractivity contribution is 5.69. The van der Waals surface area contributed by atoms with E-state index in [-0.39, 0.29) is 6.54 Å². The number of carboxylic acid groups (broad SMARTS) is 1. The number of carbonyl (C=O) groups is 1. The molecule has 0 radical (unpaired) electrons. The highest BCUT2D eigenvalue weighted by Crippen LogP contribution is 2.17. The Morgan fingerprint density at radius 1 is 0.960 bits per heavy atom. The summed E-state index contributed by atoms with van der Waals surface area (Å²) in [7, 11) is 2.23. The van der Waals surface area contributed by atoms with Crippen molar-refractivity contribution in [2.45, 2.75) is 26.7 Å². The van der Waals surface area contributed by atoms with E-state index in [4.69, 9.17) is 0 Å². The molecular weight excluding hydrogens is 316 g/mol. The molecule has 2 aliphatic heterocycles. The fourth-order valence-corrected chi connectivity index (χ4v) is 4.21. The fourth-order valence-electron chi connectivity index (χ4n) is 4.21.